The molecular weight excluding hydrogens is 436 g/mol. The molecule has 4 amide bonds. The maximum absolute atomic E-state index is 13.7. The van der Waals surface area contributed by atoms with Crippen molar-refractivity contribution in [2.45, 2.75) is 65.6 Å². The molecule has 2 heterocycles. The molecular formula is C25H36N4O5. The van der Waals surface area contributed by atoms with Crippen molar-refractivity contribution in [1.82, 2.24) is 20.2 Å². The van der Waals surface area contributed by atoms with Crippen LogP contribution in [0.4, 0.5) is 9.59 Å². The van der Waals surface area contributed by atoms with Crippen LogP contribution in [0.15, 0.2) is 30.3 Å². The number of amides is 4. The number of nitrogens with zero attached hydrogens (tertiary/aromatic N) is 3. The smallest absolute Gasteiger partial charge is 0.420 e. The number of cyclic esters (lactones) is 1. The number of piperidine rings is 1. The van der Waals surface area contributed by atoms with Gasteiger partial charge in [-0.3, -0.25) is 9.59 Å². The normalized spacial score (nSPS) is 19.4. The van der Waals surface area contributed by atoms with E-state index in [0.717, 1.165) is 24.2 Å². The number of hydrogen-bond donors (Lipinski definition) is 1. The number of imide groups is 1. The Morgan fingerprint density at radius 2 is 1.68 bits per heavy atom. The summed E-state index contributed by atoms with van der Waals surface area (Å²) in [7, 11) is 0. The van der Waals surface area contributed by atoms with Crippen LogP contribution < -0.4 is 5.43 Å². The molecule has 0 aromatic heterocycles. The predicted octanol–water partition coefficient (Wildman–Crippen LogP) is 3.66. The molecule has 2 unspecified atom stereocenters. The quantitative estimate of drug-likeness (QED) is 0.620. The van der Waals surface area contributed by atoms with Crippen LogP contribution in [0.1, 0.15) is 63.7 Å². The van der Waals surface area contributed by atoms with E-state index in [1.807, 2.05) is 27.7 Å². The van der Waals surface area contributed by atoms with Crippen LogP contribution in [-0.4, -0.2) is 70.5 Å². The summed E-state index contributed by atoms with van der Waals surface area (Å²) in [6, 6.07) is 6.94. The maximum atomic E-state index is 13.7. The maximum Gasteiger partial charge on any atom is 0.426 e. The van der Waals surface area contributed by atoms with Crippen LogP contribution in [-0.2, 0) is 9.53 Å². The van der Waals surface area contributed by atoms with E-state index >= 15 is 0 Å². The fourth-order valence-corrected chi connectivity index (χ4v) is 4.29. The summed E-state index contributed by atoms with van der Waals surface area (Å²) in [6.45, 7) is 9.20. The average molecular weight is 473 g/mol. The van der Waals surface area contributed by atoms with Gasteiger partial charge in [0.2, 0.25) is 12.0 Å². The molecule has 1 aromatic rings. The number of ether oxygens (including phenoxy) is 1. The van der Waals surface area contributed by atoms with Crippen molar-refractivity contribution < 1.29 is 23.9 Å². The first-order valence-electron chi connectivity index (χ1n) is 12.1. The summed E-state index contributed by atoms with van der Waals surface area (Å²) in [6.07, 6.45) is 1.10. The number of benzene rings is 1. The van der Waals surface area contributed by atoms with Crippen molar-refractivity contribution in [2.24, 2.45) is 11.8 Å². The molecule has 0 bridgehead atoms. The van der Waals surface area contributed by atoms with E-state index in [-0.39, 0.29) is 18.3 Å². The first-order chi connectivity index (χ1) is 16.2. The highest BCUT2D eigenvalue weighted by molar-refractivity contribution is 6.08. The van der Waals surface area contributed by atoms with Crippen LogP contribution >= 0.6 is 0 Å². The summed E-state index contributed by atoms with van der Waals surface area (Å²) >= 11 is 0. The molecule has 186 valence electrons. The molecule has 2 atom stereocenters. The molecule has 0 spiro atoms. The number of likely N-dealkylation sites (tertiary alicyclic amines) is 1. The minimum Gasteiger partial charge on any atom is -0.420 e. The Bertz CT molecular complexity index is 883. The van der Waals surface area contributed by atoms with E-state index in [1.54, 1.807) is 35.2 Å². The highest BCUT2D eigenvalue weighted by atomic mass is 16.6. The average Bonchev–Trinajstić information content (AvgIpc) is 3.18. The number of hydrogen-bond acceptors (Lipinski definition) is 6. The number of rotatable bonds is 8. The van der Waals surface area contributed by atoms with Crippen molar-refractivity contribution >= 4 is 23.8 Å². The van der Waals surface area contributed by atoms with Gasteiger partial charge in [-0.05, 0) is 49.7 Å². The number of Topliss-reactive ketones (excluding diaryl/α,β-unsaturated/α-hetero) is 1. The lowest BCUT2D eigenvalue weighted by atomic mass is 9.97. The third-order valence-electron chi connectivity index (χ3n) is 5.93. The first kappa shape index (κ1) is 25.7. The van der Waals surface area contributed by atoms with Gasteiger partial charge >= 0.3 is 12.1 Å². The molecule has 2 fully saturated rings. The van der Waals surface area contributed by atoms with Gasteiger partial charge < -0.3 is 9.64 Å². The molecule has 2 aliphatic rings. The molecule has 9 nitrogen and oxygen atoms in total. The molecule has 1 N–H and O–H groups in total. The Balaban J connectivity index is 1.94. The molecule has 2 saturated heterocycles. The third-order valence-corrected chi connectivity index (χ3v) is 5.93. The van der Waals surface area contributed by atoms with Gasteiger partial charge in [-0.2, -0.15) is 5.43 Å². The van der Waals surface area contributed by atoms with Gasteiger partial charge in [0.25, 0.3) is 5.91 Å². The zero-order valence-electron chi connectivity index (χ0n) is 20.5. The van der Waals surface area contributed by atoms with E-state index in [4.69, 9.17) is 4.74 Å². The van der Waals surface area contributed by atoms with Gasteiger partial charge in [-0.25, -0.2) is 19.5 Å². The van der Waals surface area contributed by atoms with Crippen LogP contribution in [0.3, 0.4) is 0 Å². The van der Waals surface area contributed by atoms with Crippen molar-refractivity contribution in [3.8, 4) is 0 Å². The van der Waals surface area contributed by atoms with Crippen molar-refractivity contribution in [1.29, 1.82) is 0 Å². The van der Waals surface area contributed by atoms with Gasteiger partial charge in [-0.1, -0.05) is 45.9 Å². The second-order valence-electron chi connectivity index (χ2n) is 9.82. The summed E-state index contributed by atoms with van der Waals surface area (Å²) in [5.74, 6) is -0.864. The molecule has 34 heavy (non-hydrogen) atoms. The van der Waals surface area contributed by atoms with Crippen molar-refractivity contribution in [3.05, 3.63) is 35.9 Å². The number of nitrogens with one attached hydrogen (secondary N) is 1. The number of carbonyl (C=O) groups excluding carboxylic acids is 4. The Morgan fingerprint density at radius 1 is 1.03 bits per heavy atom. The fourth-order valence-electron chi connectivity index (χ4n) is 4.29. The lowest BCUT2D eigenvalue weighted by Gasteiger charge is -2.36. The molecule has 0 aliphatic carbocycles. The zero-order valence-corrected chi connectivity index (χ0v) is 20.5. The molecule has 2 aliphatic heterocycles. The summed E-state index contributed by atoms with van der Waals surface area (Å²) in [4.78, 5) is 56.0. The highest BCUT2D eigenvalue weighted by Gasteiger charge is 2.45. The number of carbonyl (C=O) groups is 4. The molecule has 9 heteroatoms. The van der Waals surface area contributed by atoms with Gasteiger partial charge in [0, 0.05) is 25.2 Å². The Morgan fingerprint density at radius 3 is 2.26 bits per heavy atom. The molecule has 3 rings (SSSR count). The van der Waals surface area contributed by atoms with Crippen LogP contribution in [0.25, 0.3) is 0 Å². The number of urea groups is 1. The predicted molar refractivity (Wildman–Crippen MR) is 127 cm³/mol. The molecule has 0 radical (unpaired) electrons. The lowest BCUT2D eigenvalue weighted by Crippen LogP contribution is -2.58. The van der Waals surface area contributed by atoms with E-state index < -0.39 is 36.1 Å². The van der Waals surface area contributed by atoms with Gasteiger partial charge in [0.05, 0.1) is 0 Å². The van der Waals surface area contributed by atoms with Crippen molar-refractivity contribution in [2.75, 3.05) is 19.6 Å². The standard InChI is InChI=1S/C25H36N4O5/c1-17(2)15-20(21(30)22-26-28(16-18(3)4)25(33)34-22)29(23(31)19-11-7-5-8-12-19)24(32)27-13-9-6-10-14-27/h5,7-8,11-12,17-18,20,22,26H,6,9-10,13-16H2,1-4H3. The summed E-state index contributed by atoms with van der Waals surface area (Å²) in [5, 5.41) is 1.27. The van der Waals surface area contributed by atoms with Crippen LogP contribution in [0.5, 0.6) is 0 Å². The van der Waals surface area contributed by atoms with Crippen LogP contribution in [0.2, 0.25) is 0 Å². The van der Waals surface area contributed by atoms with Crippen LogP contribution in [0, 0.1) is 11.8 Å². The Labute approximate surface area is 201 Å². The number of ketones is 1. The second-order valence-corrected chi connectivity index (χ2v) is 9.82. The Hall–Kier alpha value is -2.94. The molecule has 1 aromatic carbocycles. The lowest BCUT2D eigenvalue weighted by molar-refractivity contribution is -0.132. The third kappa shape index (κ3) is 6.14. The largest absolute Gasteiger partial charge is 0.426 e. The Kier molecular flexibility index (Phi) is 8.66. The second kappa shape index (κ2) is 11.5. The SMILES string of the molecule is CC(C)CC(C(=O)C1NN(CC(C)C)C(=O)O1)N(C(=O)c1ccccc1)C(=O)N1CCCCC1. The van der Waals surface area contributed by atoms with Crippen molar-refractivity contribution in [3.63, 3.8) is 0 Å². The van der Waals surface area contributed by atoms with Gasteiger partial charge in [0.15, 0.2) is 0 Å². The minimum atomic E-state index is -1.25. The minimum absolute atomic E-state index is 0.0121. The van der Waals surface area contributed by atoms with Gasteiger partial charge in [-0.15, -0.1) is 0 Å². The first-order valence-corrected chi connectivity index (χ1v) is 12.1. The van der Waals surface area contributed by atoms with E-state index in [9.17, 15) is 19.2 Å². The zero-order chi connectivity index (χ0) is 24.8. The topological polar surface area (TPSA) is 99.3 Å². The van der Waals surface area contributed by atoms with Gasteiger partial charge in [0.1, 0.15) is 6.04 Å². The summed E-state index contributed by atoms with van der Waals surface area (Å²) < 4.78 is 5.32. The van der Waals surface area contributed by atoms with E-state index in [0.29, 0.717) is 25.2 Å². The highest BCUT2D eigenvalue weighted by Crippen LogP contribution is 2.23. The van der Waals surface area contributed by atoms with E-state index in [1.165, 1.54) is 5.01 Å². The van der Waals surface area contributed by atoms with E-state index in [2.05, 4.69) is 5.43 Å². The monoisotopic (exact) mass is 472 g/mol. The summed E-state index contributed by atoms with van der Waals surface area (Å²) in [5.41, 5.74) is 3.15. The fraction of sp³-hybridized carbons (Fsp3) is 0.600. The molecule has 0 saturated carbocycles. The number of hydrazine groups is 1.